The minimum absolute atomic E-state index is 0.0659. The molecule has 0 atom stereocenters. The Morgan fingerprint density at radius 3 is 1.58 bits per heavy atom. The monoisotopic (exact) mass is 328 g/mol. The molecule has 2 rings (SSSR count). The highest BCUT2D eigenvalue weighted by atomic mass is 16.6. The maximum Gasteiger partial charge on any atom is 0.306 e. The van der Waals surface area contributed by atoms with Crippen LogP contribution in [0.15, 0.2) is 48.8 Å². The van der Waals surface area contributed by atoms with Crippen LogP contribution in [0.25, 0.3) is 0 Å². The number of ether oxygens (including phenoxy) is 2. The molecule has 2 aromatic rings. The Morgan fingerprint density at radius 1 is 0.750 bits per heavy atom. The molecule has 0 saturated heterocycles. The number of esters is 2. The molecule has 0 aliphatic heterocycles. The van der Waals surface area contributed by atoms with Crippen LogP contribution in [0, 0.1) is 0 Å². The zero-order chi connectivity index (χ0) is 17.0. The number of hydrogen-bond acceptors (Lipinski definition) is 6. The van der Waals surface area contributed by atoms with Crippen LogP contribution < -0.4 is 0 Å². The SMILES string of the molecule is O=C(CCc1ccccn1)OCCOC(=O)CCc1ccccn1. The van der Waals surface area contributed by atoms with Gasteiger partial charge in [0.25, 0.3) is 0 Å². The molecule has 126 valence electrons. The Labute approximate surface area is 140 Å². The number of pyridine rings is 2. The summed E-state index contributed by atoms with van der Waals surface area (Å²) in [6.07, 6.45) is 4.94. The van der Waals surface area contributed by atoms with Gasteiger partial charge < -0.3 is 9.47 Å². The van der Waals surface area contributed by atoms with E-state index < -0.39 is 0 Å². The first-order chi connectivity index (χ1) is 11.7. The van der Waals surface area contributed by atoms with E-state index in [1.807, 2.05) is 36.4 Å². The summed E-state index contributed by atoms with van der Waals surface area (Å²) in [5.41, 5.74) is 1.69. The number of carbonyl (C=O) groups excluding carboxylic acids is 2. The van der Waals surface area contributed by atoms with Gasteiger partial charge in [-0.15, -0.1) is 0 Å². The van der Waals surface area contributed by atoms with E-state index in [-0.39, 0.29) is 38.0 Å². The average Bonchev–Trinajstić information content (AvgIpc) is 2.63. The number of rotatable bonds is 9. The van der Waals surface area contributed by atoms with E-state index in [1.165, 1.54) is 0 Å². The normalized spacial score (nSPS) is 10.2. The van der Waals surface area contributed by atoms with Crippen LogP contribution in [0.5, 0.6) is 0 Å². The lowest BCUT2D eigenvalue weighted by Gasteiger charge is -2.06. The number of nitrogens with zero attached hydrogens (tertiary/aromatic N) is 2. The molecule has 24 heavy (non-hydrogen) atoms. The van der Waals surface area contributed by atoms with Gasteiger partial charge in [-0.3, -0.25) is 19.6 Å². The van der Waals surface area contributed by atoms with E-state index in [0.717, 1.165) is 11.4 Å². The van der Waals surface area contributed by atoms with E-state index in [0.29, 0.717) is 12.8 Å². The fourth-order valence-corrected chi connectivity index (χ4v) is 2.01. The third-order valence-corrected chi connectivity index (χ3v) is 3.23. The molecule has 0 unspecified atom stereocenters. The molecule has 0 aromatic carbocycles. The van der Waals surface area contributed by atoms with Crippen molar-refractivity contribution in [1.82, 2.24) is 9.97 Å². The van der Waals surface area contributed by atoms with Crippen molar-refractivity contribution >= 4 is 11.9 Å². The zero-order valence-corrected chi connectivity index (χ0v) is 13.4. The maximum atomic E-state index is 11.6. The van der Waals surface area contributed by atoms with Crippen LogP contribution in [0.4, 0.5) is 0 Å². The van der Waals surface area contributed by atoms with Crippen molar-refractivity contribution in [2.24, 2.45) is 0 Å². The fraction of sp³-hybridized carbons (Fsp3) is 0.333. The van der Waals surface area contributed by atoms with Gasteiger partial charge in [0.2, 0.25) is 0 Å². The molecule has 0 amide bonds. The Balaban J connectivity index is 1.52. The molecule has 0 bridgehead atoms. The van der Waals surface area contributed by atoms with Crippen LogP contribution in [-0.4, -0.2) is 35.1 Å². The predicted octanol–water partition coefficient (Wildman–Crippen LogP) is 2.13. The second kappa shape index (κ2) is 10.1. The van der Waals surface area contributed by atoms with E-state index in [4.69, 9.17) is 9.47 Å². The maximum absolute atomic E-state index is 11.6. The average molecular weight is 328 g/mol. The van der Waals surface area contributed by atoms with Crippen LogP contribution >= 0.6 is 0 Å². The van der Waals surface area contributed by atoms with E-state index in [9.17, 15) is 9.59 Å². The van der Waals surface area contributed by atoms with Gasteiger partial charge in [-0.2, -0.15) is 0 Å². The molecule has 0 spiro atoms. The summed E-state index contributed by atoms with van der Waals surface area (Å²) in [5.74, 6) is -0.657. The molecule has 6 nitrogen and oxygen atoms in total. The van der Waals surface area contributed by atoms with Gasteiger partial charge >= 0.3 is 11.9 Å². The van der Waals surface area contributed by atoms with Gasteiger partial charge in [0.1, 0.15) is 13.2 Å². The first-order valence-electron chi connectivity index (χ1n) is 7.85. The zero-order valence-electron chi connectivity index (χ0n) is 13.4. The van der Waals surface area contributed by atoms with Crippen LogP contribution in [0.3, 0.4) is 0 Å². The second-order valence-electron chi connectivity index (χ2n) is 5.08. The van der Waals surface area contributed by atoms with Crippen molar-refractivity contribution in [3.63, 3.8) is 0 Å². The third-order valence-electron chi connectivity index (χ3n) is 3.23. The van der Waals surface area contributed by atoms with Gasteiger partial charge in [-0.25, -0.2) is 0 Å². The summed E-state index contributed by atoms with van der Waals surface area (Å²) >= 11 is 0. The third kappa shape index (κ3) is 7.00. The summed E-state index contributed by atoms with van der Waals surface area (Å²) in [7, 11) is 0. The Bertz CT molecular complexity index is 574. The van der Waals surface area contributed by atoms with Gasteiger partial charge in [0, 0.05) is 36.6 Å². The summed E-state index contributed by atoms with van der Waals surface area (Å²) in [6, 6.07) is 11.1. The molecule has 6 heteroatoms. The largest absolute Gasteiger partial charge is 0.462 e. The molecule has 0 aliphatic carbocycles. The topological polar surface area (TPSA) is 78.4 Å². The molecular formula is C18H20N2O4. The lowest BCUT2D eigenvalue weighted by Crippen LogP contribution is -2.14. The number of hydrogen-bond donors (Lipinski definition) is 0. The van der Waals surface area contributed by atoms with Crippen LogP contribution in [0.2, 0.25) is 0 Å². The molecular weight excluding hydrogens is 308 g/mol. The van der Waals surface area contributed by atoms with E-state index >= 15 is 0 Å². The smallest absolute Gasteiger partial charge is 0.306 e. The molecule has 0 saturated carbocycles. The second-order valence-corrected chi connectivity index (χ2v) is 5.08. The first kappa shape index (κ1) is 17.6. The van der Waals surface area contributed by atoms with Gasteiger partial charge in [-0.1, -0.05) is 12.1 Å². The lowest BCUT2D eigenvalue weighted by atomic mass is 10.2. The Hall–Kier alpha value is -2.76. The molecule has 0 aliphatic rings. The minimum Gasteiger partial charge on any atom is -0.462 e. The Kier molecular flexibility index (Phi) is 7.40. The van der Waals surface area contributed by atoms with Crippen molar-refractivity contribution in [3.8, 4) is 0 Å². The van der Waals surface area contributed by atoms with E-state index in [2.05, 4.69) is 9.97 Å². The summed E-state index contributed by atoms with van der Waals surface area (Å²) in [6.45, 7) is 0.132. The molecule has 2 aromatic heterocycles. The number of aromatic nitrogens is 2. The quantitative estimate of drug-likeness (QED) is 0.518. The standard InChI is InChI=1S/C18H20N2O4/c21-17(9-7-15-5-1-3-11-19-15)23-13-14-24-18(22)10-8-16-6-2-4-12-20-16/h1-6,11-12H,7-10,13-14H2. The van der Waals surface area contributed by atoms with Crippen molar-refractivity contribution in [3.05, 3.63) is 60.2 Å². The molecule has 0 radical (unpaired) electrons. The van der Waals surface area contributed by atoms with Crippen molar-refractivity contribution in [1.29, 1.82) is 0 Å². The Morgan fingerprint density at radius 2 is 1.21 bits per heavy atom. The summed E-state index contributed by atoms with van der Waals surface area (Å²) in [4.78, 5) is 31.4. The summed E-state index contributed by atoms with van der Waals surface area (Å²) in [5, 5.41) is 0. The fourth-order valence-electron chi connectivity index (χ4n) is 2.01. The minimum atomic E-state index is -0.329. The van der Waals surface area contributed by atoms with Crippen LogP contribution in [0.1, 0.15) is 24.2 Å². The van der Waals surface area contributed by atoms with Gasteiger partial charge in [-0.05, 0) is 24.3 Å². The number of carbonyl (C=O) groups is 2. The molecule has 0 fully saturated rings. The summed E-state index contributed by atoms with van der Waals surface area (Å²) < 4.78 is 10.0. The lowest BCUT2D eigenvalue weighted by molar-refractivity contribution is -0.152. The highest BCUT2D eigenvalue weighted by Gasteiger charge is 2.07. The molecule has 0 N–H and O–H groups in total. The van der Waals surface area contributed by atoms with Crippen molar-refractivity contribution in [2.45, 2.75) is 25.7 Å². The van der Waals surface area contributed by atoms with Crippen LogP contribution in [-0.2, 0) is 31.9 Å². The van der Waals surface area contributed by atoms with Crippen molar-refractivity contribution in [2.75, 3.05) is 13.2 Å². The number of aryl methyl sites for hydroxylation is 2. The highest BCUT2D eigenvalue weighted by molar-refractivity contribution is 5.70. The molecule has 2 heterocycles. The first-order valence-corrected chi connectivity index (χ1v) is 7.85. The highest BCUT2D eigenvalue weighted by Crippen LogP contribution is 2.01. The predicted molar refractivity (Wildman–Crippen MR) is 87.0 cm³/mol. The van der Waals surface area contributed by atoms with Gasteiger partial charge in [0.15, 0.2) is 0 Å². The van der Waals surface area contributed by atoms with E-state index in [1.54, 1.807) is 12.4 Å². The van der Waals surface area contributed by atoms with Gasteiger partial charge in [0.05, 0.1) is 12.8 Å². The van der Waals surface area contributed by atoms with Crippen molar-refractivity contribution < 1.29 is 19.1 Å².